The van der Waals surface area contributed by atoms with Crippen molar-refractivity contribution in [2.24, 2.45) is 16.7 Å². The van der Waals surface area contributed by atoms with Crippen LogP contribution >= 0.6 is 0 Å². The summed E-state index contributed by atoms with van der Waals surface area (Å²) in [5, 5.41) is 26.2. The fourth-order valence-corrected chi connectivity index (χ4v) is 4.70. The highest BCUT2D eigenvalue weighted by Gasteiger charge is 2.41. The van der Waals surface area contributed by atoms with Crippen LogP contribution in [0.1, 0.15) is 62.9 Å². The number of aliphatic carboxylic acids is 1. The molecular weight excluding hydrogens is 610 g/mol. The first-order chi connectivity index (χ1) is 22.2. The molecular formula is C34H45N3O10. The summed E-state index contributed by atoms with van der Waals surface area (Å²) in [6.45, 7) is 5.59. The summed E-state index contributed by atoms with van der Waals surface area (Å²) in [5.41, 5.74) is -0.751. The van der Waals surface area contributed by atoms with Crippen LogP contribution in [0.2, 0.25) is 0 Å². The van der Waals surface area contributed by atoms with Gasteiger partial charge in [0.15, 0.2) is 17.3 Å². The number of benzene rings is 2. The Morgan fingerprint density at radius 3 is 2.15 bits per heavy atom. The molecule has 13 heteroatoms. The lowest BCUT2D eigenvalue weighted by atomic mass is 9.73. The Kier molecular flexibility index (Phi) is 14.4. The van der Waals surface area contributed by atoms with E-state index in [0.29, 0.717) is 29.2 Å². The summed E-state index contributed by atoms with van der Waals surface area (Å²) < 4.78 is 15.9. The van der Waals surface area contributed by atoms with Gasteiger partial charge in [0, 0.05) is 17.2 Å². The highest BCUT2D eigenvalue weighted by atomic mass is 16.5. The van der Waals surface area contributed by atoms with E-state index in [1.54, 1.807) is 62.4 Å². The number of urea groups is 1. The number of methoxy groups -OCH3 is 2. The number of ketones is 1. The lowest BCUT2D eigenvalue weighted by Gasteiger charge is -2.32. The molecule has 3 amide bonds. The number of aliphatic hydroxyl groups is 1. The monoisotopic (exact) mass is 655 g/mol. The summed E-state index contributed by atoms with van der Waals surface area (Å²) in [4.78, 5) is 62.3. The van der Waals surface area contributed by atoms with E-state index in [1.807, 2.05) is 0 Å². The summed E-state index contributed by atoms with van der Waals surface area (Å²) in [6.07, 6.45) is 3.35. The van der Waals surface area contributed by atoms with E-state index in [-0.39, 0.29) is 31.8 Å². The molecule has 0 aliphatic heterocycles. The van der Waals surface area contributed by atoms with Gasteiger partial charge >= 0.3 is 18.0 Å². The Bertz CT molecular complexity index is 1440. The van der Waals surface area contributed by atoms with Crippen LogP contribution in [0.5, 0.6) is 11.5 Å². The zero-order chi connectivity index (χ0) is 35.2. The quantitative estimate of drug-likeness (QED) is 0.0510. The molecule has 2 unspecified atom stereocenters. The molecule has 0 saturated carbocycles. The maximum Gasteiger partial charge on any atom is 0.319 e. The van der Waals surface area contributed by atoms with Crippen molar-refractivity contribution >= 4 is 41.4 Å². The van der Waals surface area contributed by atoms with Gasteiger partial charge in [-0.25, -0.2) is 4.79 Å². The molecule has 47 heavy (non-hydrogen) atoms. The minimum atomic E-state index is -1.24. The SMILES string of the molecule is CCC(C)(CC(CC(C)(C)C(=O)O)C(=O)NCO)C(=O)OCCNC(=O)Nc1ccc(C(=O)C=Cc2ccc(OC)c(OC)c2)cc1. The van der Waals surface area contributed by atoms with Crippen molar-refractivity contribution in [1.29, 1.82) is 0 Å². The van der Waals surface area contributed by atoms with Crippen molar-refractivity contribution in [1.82, 2.24) is 10.6 Å². The maximum absolute atomic E-state index is 13.0. The molecule has 0 spiro atoms. The molecule has 0 aliphatic rings. The summed E-state index contributed by atoms with van der Waals surface area (Å²) in [7, 11) is 3.07. The zero-order valence-corrected chi connectivity index (χ0v) is 27.7. The zero-order valence-electron chi connectivity index (χ0n) is 27.7. The topological polar surface area (TPSA) is 190 Å². The van der Waals surface area contributed by atoms with Gasteiger partial charge < -0.3 is 40.4 Å². The van der Waals surface area contributed by atoms with Gasteiger partial charge in [-0.05, 0) is 88.1 Å². The second-order valence-corrected chi connectivity index (χ2v) is 11.8. The predicted molar refractivity (Wildman–Crippen MR) is 175 cm³/mol. The molecule has 256 valence electrons. The van der Waals surface area contributed by atoms with E-state index < -0.39 is 47.4 Å². The third-order valence-electron chi connectivity index (χ3n) is 7.81. The van der Waals surface area contributed by atoms with E-state index in [2.05, 4.69) is 16.0 Å². The number of rotatable bonds is 18. The van der Waals surface area contributed by atoms with Crippen LogP contribution in [0.3, 0.4) is 0 Å². The highest BCUT2D eigenvalue weighted by Crippen LogP contribution is 2.37. The summed E-state index contributed by atoms with van der Waals surface area (Å²) in [6, 6.07) is 11.1. The Balaban J connectivity index is 1.89. The van der Waals surface area contributed by atoms with Gasteiger partial charge in [-0.3, -0.25) is 19.2 Å². The van der Waals surface area contributed by atoms with Crippen molar-refractivity contribution in [2.45, 2.75) is 47.0 Å². The van der Waals surface area contributed by atoms with Crippen molar-refractivity contribution in [3.63, 3.8) is 0 Å². The number of esters is 1. The van der Waals surface area contributed by atoms with Crippen LogP contribution in [-0.4, -0.2) is 74.0 Å². The minimum absolute atomic E-state index is 0.00328. The van der Waals surface area contributed by atoms with E-state index in [0.717, 1.165) is 5.56 Å². The average Bonchev–Trinajstić information content (AvgIpc) is 3.05. The van der Waals surface area contributed by atoms with Gasteiger partial charge in [-0.15, -0.1) is 0 Å². The van der Waals surface area contributed by atoms with E-state index >= 15 is 0 Å². The number of allylic oxidation sites excluding steroid dienone is 1. The molecule has 2 rings (SSSR count). The lowest BCUT2D eigenvalue weighted by Crippen LogP contribution is -2.41. The Morgan fingerprint density at radius 2 is 1.57 bits per heavy atom. The van der Waals surface area contributed by atoms with Crippen molar-refractivity contribution in [3.8, 4) is 11.5 Å². The first kappa shape index (κ1) is 38.3. The van der Waals surface area contributed by atoms with Gasteiger partial charge in [-0.1, -0.05) is 19.1 Å². The van der Waals surface area contributed by atoms with Crippen molar-refractivity contribution < 1.29 is 48.4 Å². The number of carboxylic acids is 1. The first-order valence-electron chi connectivity index (χ1n) is 15.1. The molecule has 13 nitrogen and oxygen atoms in total. The van der Waals surface area contributed by atoms with Crippen molar-refractivity contribution in [2.75, 3.05) is 39.4 Å². The van der Waals surface area contributed by atoms with Crippen LogP contribution in [0.4, 0.5) is 10.5 Å². The Hall–Kier alpha value is -4.91. The normalized spacial score (nSPS) is 13.2. The van der Waals surface area contributed by atoms with Crippen LogP contribution < -0.4 is 25.4 Å². The van der Waals surface area contributed by atoms with E-state index in [1.165, 1.54) is 34.1 Å². The van der Waals surface area contributed by atoms with Gasteiger partial charge in [0.1, 0.15) is 13.3 Å². The standard InChI is InChI=1S/C34H45N3O10/c1-7-34(4,20-24(29(40)36-21-38)19-33(2,3)30(41)42)31(43)47-17-16-35-32(44)37-25-12-10-23(11-13-25)26(39)14-8-22-9-15-27(45-5)28(18-22)46-6/h8-15,18,24,38H,7,16-17,19-21H2,1-6H3,(H,36,40)(H,41,42)(H2,35,37,44). The number of hydrogen-bond acceptors (Lipinski definition) is 9. The molecule has 5 N–H and O–H groups in total. The molecule has 0 saturated heterocycles. The van der Waals surface area contributed by atoms with Crippen LogP contribution in [0.15, 0.2) is 48.5 Å². The fourth-order valence-electron chi connectivity index (χ4n) is 4.70. The molecule has 0 fully saturated rings. The number of anilines is 1. The molecule has 0 bridgehead atoms. The second kappa shape index (κ2) is 17.7. The molecule has 2 aromatic rings. The number of ether oxygens (including phenoxy) is 3. The summed E-state index contributed by atoms with van der Waals surface area (Å²) >= 11 is 0. The van der Waals surface area contributed by atoms with Crippen LogP contribution in [0.25, 0.3) is 6.08 Å². The smallest absolute Gasteiger partial charge is 0.319 e. The third kappa shape index (κ3) is 11.4. The van der Waals surface area contributed by atoms with E-state index in [4.69, 9.17) is 19.3 Å². The average molecular weight is 656 g/mol. The molecule has 0 heterocycles. The number of hydrogen-bond donors (Lipinski definition) is 5. The first-order valence-corrected chi connectivity index (χ1v) is 15.1. The second-order valence-electron chi connectivity index (χ2n) is 11.8. The highest BCUT2D eigenvalue weighted by molar-refractivity contribution is 6.07. The number of carbonyl (C=O) groups is 5. The lowest BCUT2D eigenvalue weighted by molar-refractivity contribution is -0.157. The fraction of sp³-hybridized carbons (Fsp3) is 0.441. The molecule has 0 aliphatic carbocycles. The maximum atomic E-state index is 13.0. The Labute approximate surface area is 274 Å². The van der Waals surface area contributed by atoms with Gasteiger partial charge in [0.05, 0.1) is 31.6 Å². The Morgan fingerprint density at radius 1 is 0.915 bits per heavy atom. The molecule has 0 radical (unpaired) electrons. The third-order valence-corrected chi connectivity index (χ3v) is 7.81. The van der Waals surface area contributed by atoms with Gasteiger partial charge in [0.25, 0.3) is 0 Å². The number of carbonyl (C=O) groups excluding carboxylic acids is 4. The molecule has 2 atom stereocenters. The number of nitrogens with one attached hydrogen (secondary N) is 3. The molecule has 0 aromatic heterocycles. The predicted octanol–water partition coefficient (Wildman–Crippen LogP) is 4.25. The minimum Gasteiger partial charge on any atom is -0.493 e. The van der Waals surface area contributed by atoms with Gasteiger partial charge in [0.2, 0.25) is 5.91 Å². The van der Waals surface area contributed by atoms with Crippen molar-refractivity contribution in [3.05, 3.63) is 59.7 Å². The largest absolute Gasteiger partial charge is 0.493 e. The van der Waals surface area contributed by atoms with Crippen LogP contribution in [0, 0.1) is 16.7 Å². The molecule has 2 aromatic carbocycles. The number of aliphatic hydroxyl groups excluding tert-OH is 1. The summed E-state index contributed by atoms with van der Waals surface area (Å²) in [5.74, 6) is -2.23. The number of carboxylic acid groups (broad SMARTS) is 1. The van der Waals surface area contributed by atoms with Gasteiger partial charge in [-0.2, -0.15) is 0 Å². The number of amides is 3. The van der Waals surface area contributed by atoms with Crippen LogP contribution in [-0.2, 0) is 19.1 Å². The van der Waals surface area contributed by atoms with E-state index in [9.17, 15) is 29.1 Å².